The van der Waals surface area contributed by atoms with E-state index in [4.69, 9.17) is 0 Å². The molecule has 24 heavy (non-hydrogen) atoms. The molecule has 1 aliphatic rings. The van der Waals surface area contributed by atoms with Crippen molar-refractivity contribution in [2.45, 2.75) is 25.7 Å². The summed E-state index contributed by atoms with van der Waals surface area (Å²) >= 11 is 0. The highest BCUT2D eigenvalue weighted by Crippen LogP contribution is 2.14. The quantitative estimate of drug-likeness (QED) is 0.765. The topological polar surface area (TPSA) is 47.5 Å². The van der Waals surface area contributed by atoms with Crippen molar-refractivity contribution in [2.24, 2.45) is 0 Å². The van der Waals surface area contributed by atoms with Crippen molar-refractivity contribution in [1.82, 2.24) is 15.5 Å². The Kier molecular flexibility index (Phi) is 5.64. The number of hydrogen-bond acceptors (Lipinski definition) is 4. The minimum atomic E-state index is -0.497. The molecule has 0 radical (unpaired) electrons. The van der Waals surface area contributed by atoms with Gasteiger partial charge in [0, 0.05) is 19.3 Å². The van der Waals surface area contributed by atoms with Crippen LogP contribution in [0.1, 0.15) is 24.2 Å². The van der Waals surface area contributed by atoms with E-state index in [-0.39, 0.29) is 6.17 Å². The summed E-state index contributed by atoms with van der Waals surface area (Å²) < 4.78 is 0. The maximum atomic E-state index is 10.3. The van der Waals surface area contributed by atoms with Gasteiger partial charge in [-0.1, -0.05) is 60.7 Å². The zero-order valence-corrected chi connectivity index (χ0v) is 14.0. The van der Waals surface area contributed by atoms with Crippen molar-refractivity contribution < 1.29 is 5.11 Å². The molecule has 2 aromatic rings. The predicted octanol–water partition coefficient (Wildman–Crippen LogP) is 2.60. The van der Waals surface area contributed by atoms with Gasteiger partial charge in [0.1, 0.15) is 0 Å². The average molecular weight is 323 g/mol. The highest BCUT2D eigenvalue weighted by atomic mass is 16.3. The summed E-state index contributed by atoms with van der Waals surface area (Å²) in [6.07, 6.45) is 1.79. The Bertz CT molecular complexity index is 657. The van der Waals surface area contributed by atoms with Gasteiger partial charge in [0.2, 0.25) is 0 Å². The average Bonchev–Trinajstić information content (AvgIpc) is 2.62. The van der Waals surface area contributed by atoms with E-state index in [9.17, 15) is 5.11 Å². The van der Waals surface area contributed by atoms with E-state index in [0.29, 0.717) is 6.54 Å². The van der Waals surface area contributed by atoms with Gasteiger partial charge in [0.05, 0.1) is 18.9 Å². The monoisotopic (exact) mass is 323 g/mol. The minimum Gasteiger partial charge on any atom is -0.387 e. The third kappa shape index (κ3) is 4.45. The van der Waals surface area contributed by atoms with Crippen molar-refractivity contribution in [3.63, 3.8) is 0 Å². The molecular formula is C20H25N3O. The molecular weight excluding hydrogens is 298 g/mol. The molecule has 0 saturated heterocycles. The number of hydrogen-bond donors (Lipinski definition) is 3. The Balaban J connectivity index is 1.52. The van der Waals surface area contributed by atoms with Crippen LogP contribution in [-0.2, 0) is 6.54 Å². The molecule has 4 heteroatoms. The normalized spacial score (nSPS) is 19.0. The number of aliphatic hydroxyl groups is 1. The van der Waals surface area contributed by atoms with Crippen LogP contribution in [0.3, 0.4) is 0 Å². The Hall–Kier alpha value is -2.14. The molecule has 1 heterocycles. The molecule has 3 rings (SSSR count). The van der Waals surface area contributed by atoms with Gasteiger partial charge in [0.15, 0.2) is 0 Å². The first-order valence-corrected chi connectivity index (χ1v) is 8.38. The van der Waals surface area contributed by atoms with E-state index < -0.39 is 6.10 Å². The Morgan fingerprint density at radius 2 is 1.79 bits per heavy atom. The van der Waals surface area contributed by atoms with E-state index in [1.165, 1.54) is 11.1 Å². The molecule has 2 aromatic carbocycles. The molecule has 0 bridgehead atoms. The van der Waals surface area contributed by atoms with E-state index in [1.54, 1.807) is 0 Å². The lowest BCUT2D eigenvalue weighted by Gasteiger charge is -2.33. The van der Waals surface area contributed by atoms with Crippen LogP contribution in [-0.4, -0.2) is 29.4 Å². The van der Waals surface area contributed by atoms with Gasteiger partial charge in [-0.15, -0.1) is 0 Å². The second-order valence-corrected chi connectivity index (χ2v) is 6.24. The van der Waals surface area contributed by atoms with Gasteiger partial charge in [-0.3, -0.25) is 10.6 Å². The summed E-state index contributed by atoms with van der Waals surface area (Å²) in [7, 11) is 0. The van der Waals surface area contributed by atoms with Crippen LogP contribution in [0.2, 0.25) is 0 Å². The Morgan fingerprint density at radius 3 is 2.46 bits per heavy atom. The molecule has 1 aliphatic heterocycles. The largest absolute Gasteiger partial charge is 0.387 e. The van der Waals surface area contributed by atoms with Gasteiger partial charge >= 0.3 is 0 Å². The molecule has 0 spiro atoms. The fraction of sp³-hybridized carbons (Fsp3) is 0.300. The van der Waals surface area contributed by atoms with Gasteiger partial charge < -0.3 is 10.0 Å². The summed E-state index contributed by atoms with van der Waals surface area (Å²) in [6.45, 7) is 4.30. The summed E-state index contributed by atoms with van der Waals surface area (Å²) in [5.74, 6) is 0. The van der Waals surface area contributed by atoms with Crippen LogP contribution in [0, 0.1) is 0 Å². The third-order valence-corrected chi connectivity index (χ3v) is 4.27. The van der Waals surface area contributed by atoms with Gasteiger partial charge in [0.25, 0.3) is 0 Å². The SMILES string of the molecule is CC1=CN(Cc2ccccc2)CNC1NCC(O)c1ccccc1. The van der Waals surface area contributed by atoms with Crippen LogP contribution in [0.5, 0.6) is 0 Å². The second-order valence-electron chi connectivity index (χ2n) is 6.24. The Morgan fingerprint density at radius 1 is 1.12 bits per heavy atom. The summed E-state index contributed by atoms with van der Waals surface area (Å²) in [6, 6.07) is 20.2. The van der Waals surface area contributed by atoms with Gasteiger partial charge in [-0.2, -0.15) is 0 Å². The zero-order valence-electron chi connectivity index (χ0n) is 14.0. The molecule has 0 saturated carbocycles. The number of benzene rings is 2. The summed E-state index contributed by atoms with van der Waals surface area (Å²) in [5.41, 5.74) is 3.46. The van der Waals surface area contributed by atoms with Gasteiger partial charge in [-0.05, 0) is 23.6 Å². The van der Waals surface area contributed by atoms with Crippen LogP contribution in [0.25, 0.3) is 0 Å². The second kappa shape index (κ2) is 8.11. The molecule has 3 N–H and O–H groups in total. The first-order valence-electron chi connectivity index (χ1n) is 8.38. The maximum absolute atomic E-state index is 10.3. The first-order chi connectivity index (χ1) is 11.7. The van der Waals surface area contributed by atoms with E-state index in [1.807, 2.05) is 36.4 Å². The molecule has 0 amide bonds. The predicted molar refractivity (Wildman–Crippen MR) is 96.9 cm³/mol. The van der Waals surface area contributed by atoms with Gasteiger partial charge in [-0.25, -0.2) is 0 Å². The molecule has 2 unspecified atom stereocenters. The lowest BCUT2D eigenvalue weighted by molar-refractivity contribution is 0.164. The number of nitrogens with zero attached hydrogens (tertiary/aromatic N) is 1. The molecule has 4 nitrogen and oxygen atoms in total. The first kappa shape index (κ1) is 16.7. The molecule has 126 valence electrons. The number of rotatable bonds is 6. The highest BCUT2D eigenvalue weighted by molar-refractivity contribution is 5.19. The van der Waals surface area contributed by atoms with Crippen molar-refractivity contribution in [3.05, 3.63) is 83.6 Å². The van der Waals surface area contributed by atoms with Crippen molar-refractivity contribution in [2.75, 3.05) is 13.2 Å². The third-order valence-electron chi connectivity index (χ3n) is 4.27. The zero-order chi connectivity index (χ0) is 16.8. The van der Waals surface area contributed by atoms with Crippen molar-refractivity contribution in [1.29, 1.82) is 0 Å². The molecule has 0 aromatic heterocycles. The maximum Gasteiger partial charge on any atom is 0.0915 e. The van der Waals surface area contributed by atoms with E-state index in [2.05, 4.69) is 52.9 Å². The number of nitrogens with one attached hydrogen (secondary N) is 2. The fourth-order valence-electron chi connectivity index (χ4n) is 2.95. The molecule has 0 fully saturated rings. The smallest absolute Gasteiger partial charge is 0.0915 e. The van der Waals surface area contributed by atoms with Crippen LogP contribution < -0.4 is 10.6 Å². The van der Waals surface area contributed by atoms with Crippen LogP contribution >= 0.6 is 0 Å². The summed E-state index contributed by atoms with van der Waals surface area (Å²) in [4.78, 5) is 2.26. The standard InChI is InChI=1S/C20H25N3O/c1-16-13-23(14-17-8-4-2-5-9-17)15-22-20(16)21-12-19(24)18-10-6-3-7-11-18/h2-11,13,19-22,24H,12,14-15H2,1H3. The molecule has 0 aliphatic carbocycles. The Labute approximate surface area is 143 Å². The van der Waals surface area contributed by atoms with Crippen molar-refractivity contribution >= 4 is 0 Å². The van der Waals surface area contributed by atoms with E-state index >= 15 is 0 Å². The summed E-state index contributed by atoms with van der Waals surface area (Å²) in [5, 5.41) is 17.1. The van der Waals surface area contributed by atoms with Crippen LogP contribution in [0.15, 0.2) is 72.4 Å². The van der Waals surface area contributed by atoms with E-state index in [0.717, 1.165) is 18.8 Å². The lowest BCUT2D eigenvalue weighted by Crippen LogP contribution is -2.51. The number of aliphatic hydroxyl groups excluding tert-OH is 1. The van der Waals surface area contributed by atoms with Crippen LogP contribution in [0.4, 0.5) is 0 Å². The lowest BCUT2D eigenvalue weighted by atomic mass is 10.1. The fourth-order valence-corrected chi connectivity index (χ4v) is 2.95. The van der Waals surface area contributed by atoms with Crippen molar-refractivity contribution in [3.8, 4) is 0 Å². The highest BCUT2D eigenvalue weighted by Gasteiger charge is 2.18. The molecule has 2 atom stereocenters. The minimum absolute atomic E-state index is 0.0929.